The highest BCUT2D eigenvalue weighted by Crippen LogP contribution is 2.30. The summed E-state index contributed by atoms with van der Waals surface area (Å²) in [5.74, 6) is 3.74. The Labute approximate surface area is 129 Å². The average molecular weight is 290 g/mol. The van der Waals surface area contributed by atoms with Crippen molar-refractivity contribution >= 4 is 11.6 Å². The number of anilines is 2. The van der Waals surface area contributed by atoms with Crippen LogP contribution < -0.4 is 10.6 Å². The lowest BCUT2D eigenvalue weighted by atomic mass is 9.81. The van der Waals surface area contributed by atoms with Crippen LogP contribution in [0.1, 0.15) is 57.9 Å². The normalized spacial score (nSPS) is 22.0. The van der Waals surface area contributed by atoms with Gasteiger partial charge in [-0.15, -0.1) is 0 Å². The second-order valence-electron chi connectivity index (χ2n) is 6.48. The number of rotatable bonds is 7. The molecule has 0 radical (unpaired) electrons. The highest BCUT2D eigenvalue weighted by atomic mass is 15.1. The van der Waals surface area contributed by atoms with E-state index in [1.807, 2.05) is 0 Å². The fourth-order valence-corrected chi connectivity index (χ4v) is 3.27. The van der Waals surface area contributed by atoms with E-state index >= 15 is 0 Å². The molecule has 1 aromatic heterocycles. The van der Waals surface area contributed by atoms with Crippen molar-refractivity contribution in [1.29, 1.82) is 0 Å². The summed E-state index contributed by atoms with van der Waals surface area (Å²) in [6.45, 7) is 8.61. The van der Waals surface area contributed by atoms with Gasteiger partial charge < -0.3 is 10.6 Å². The first-order chi connectivity index (χ1) is 10.2. The highest BCUT2D eigenvalue weighted by molar-refractivity contribution is 5.56. The molecular weight excluding hydrogens is 260 g/mol. The number of hydrogen-bond acceptors (Lipinski definition) is 4. The maximum absolute atomic E-state index is 4.38. The van der Waals surface area contributed by atoms with E-state index in [0.29, 0.717) is 0 Å². The van der Waals surface area contributed by atoms with Crippen molar-refractivity contribution < 1.29 is 0 Å². The van der Waals surface area contributed by atoms with Crippen LogP contribution >= 0.6 is 0 Å². The SMILES string of the molecule is CCCNc1ncnc(NCCC2CCCC(C)C2)c1C. The molecule has 2 unspecified atom stereocenters. The van der Waals surface area contributed by atoms with Crippen LogP contribution in [-0.2, 0) is 0 Å². The summed E-state index contributed by atoms with van der Waals surface area (Å²) in [5, 5.41) is 6.86. The maximum atomic E-state index is 4.38. The lowest BCUT2D eigenvalue weighted by Crippen LogP contribution is -2.17. The van der Waals surface area contributed by atoms with Gasteiger partial charge in [-0.05, 0) is 38.0 Å². The van der Waals surface area contributed by atoms with E-state index in [4.69, 9.17) is 0 Å². The van der Waals surface area contributed by atoms with Crippen molar-refractivity contribution in [3.63, 3.8) is 0 Å². The van der Waals surface area contributed by atoms with Gasteiger partial charge in [-0.2, -0.15) is 0 Å². The quantitative estimate of drug-likeness (QED) is 0.789. The first-order valence-electron chi connectivity index (χ1n) is 8.50. The minimum Gasteiger partial charge on any atom is -0.370 e. The topological polar surface area (TPSA) is 49.8 Å². The van der Waals surface area contributed by atoms with Gasteiger partial charge in [-0.1, -0.05) is 33.1 Å². The number of nitrogens with one attached hydrogen (secondary N) is 2. The molecular formula is C17H30N4. The minimum absolute atomic E-state index is 0.890. The molecule has 1 saturated carbocycles. The fraction of sp³-hybridized carbons (Fsp3) is 0.765. The molecule has 2 rings (SSSR count). The molecule has 2 atom stereocenters. The zero-order valence-corrected chi connectivity index (χ0v) is 13.8. The summed E-state index contributed by atoms with van der Waals surface area (Å²) < 4.78 is 0. The molecule has 118 valence electrons. The lowest BCUT2D eigenvalue weighted by molar-refractivity contribution is 0.274. The zero-order chi connectivity index (χ0) is 15.1. The molecule has 4 nitrogen and oxygen atoms in total. The number of aromatic nitrogens is 2. The van der Waals surface area contributed by atoms with Gasteiger partial charge in [0.25, 0.3) is 0 Å². The van der Waals surface area contributed by atoms with E-state index in [0.717, 1.165) is 48.5 Å². The van der Waals surface area contributed by atoms with Gasteiger partial charge in [-0.25, -0.2) is 9.97 Å². The Morgan fingerprint density at radius 1 is 1.14 bits per heavy atom. The summed E-state index contributed by atoms with van der Waals surface area (Å²) >= 11 is 0. The Hall–Kier alpha value is -1.32. The second-order valence-corrected chi connectivity index (χ2v) is 6.48. The largest absolute Gasteiger partial charge is 0.370 e. The third-order valence-electron chi connectivity index (χ3n) is 4.52. The predicted molar refractivity (Wildman–Crippen MR) is 89.8 cm³/mol. The van der Waals surface area contributed by atoms with Gasteiger partial charge >= 0.3 is 0 Å². The van der Waals surface area contributed by atoms with Crippen LogP contribution in [-0.4, -0.2) is 23.1 Å². The van der Waals surface area contributed by atoms with Crippen LogP contribution in [0, 0.1) is 18.8 Å². The average Bonchev–Trinajstić information content (AvgIpc) is 2.48. The number of nitrogens with zero attached hydrogens (tertiary/aromatic N) is 2. The van der Waals surface area contributed by atoms with Gasteiger partial charge in [0.15, 0.2) is 0 Å². The summed E-state index contributed by atoms with van der Waals surface area (Å²) in [4.78, 5) is 8.70. The Kier molecular flexibility index (Phi) is 6.27. The molecule has 1 aliphatic carbocycles. The second kappa shape index (κ2) is 8.20. The van der Waals surface area contributed by atoms with E-state index in [-0.39, 0.29) is 0 Å². The molecule has 0 aromatic carbocycles. The van der Waals surface area contributed by atoms with Crippen molar-refractivity contribution in [3.8, 4) is 0 Å². The standard InChI is InChI=1S/C17H30N4/c1-4-9-18-16-14(3)17(21-12-20-16)19-10-8-15-7-5-6-13(2)11-15/h12-13,15H,4-11H2,1-3H3,(H2,18,19,20,21). The summed E-state index contributed by atoms with van der Waals surface area (Å²) in [6, 6.07) is 0. The van der Waals surface area contributed by atoms with E-state index in [9.17, 15) is 0 Å². The fourth-order valence-electron chi connectivity index (χ4n) is 3.27. The van der Waals surface area contributed by atoms with E-state index < -0.39 is 0 Å². The van der Waals surface area contributed by atoms with Crippen LogP contribution in [0.25, 0.3) is 0 Å². The van der Waals surface area contributed by atoms with Gasteiger partial charge in [0.2, 0.25) is 0 Å². The zero-order valence-electron chi connectivity index (χ0n) is 13.8. The summed E-state index contributed by atoms with van der Waals surface area (Å²) in [6.07, 6.45) is 9.63. The molecule has 0 spiro atoms. The van der Waals surface area contributed by atoms with Crippen LogP contribution in [0.2, 0.25) is 0 Å². The summed E-state index contributed by atoms with van der Waals surface area (Å²) in [5.41, 5.74) is 1.13. The molecule has 4 heteroatoms. The molecule has 1 aliphatic rings. The molecule has 0 saturated heterocycles. The Balaban J connectivity index is 1.82. The van der Waals surface area contributed by atoms with Crippen LogP contribution in [0.15, 0.2) is 6.33 Å². The third kappa shape index (κ3) is 4.87. The Morgan fingerprint density at radius 2 is 1.86 bits per heavy atom. The molecule has 2 N–H and O–H groups in total. The van der Waals surface area contributed by atoms with Gasteiger partial charge in [0.1, 0.15) is 18.0 Å². The molecule has 1 heterocycles. The summed E-state index contributed by atoms with van der Waals surface area (Å²) in [7, 11) is 0. The monoisotopic (exact) mass is 290 g/mol. The first-order valence-corrected chi connectivity index (χ1v) is 8.50. The van der Waals surface area contributed by atoms with E-state index in [2.05, 4.69) is 41.4 Å². The first kappa shape index (κ1) is 16.1. The van der Waals surface area contributed by atoms with Crippen LogP contribution in [0.3, 0.4) is 0 Å². The molecule has 0 aliphatic heterocycles. The van der Waals surface area contributed by atoms with Crippen molar-refractivity contribution in [2.75, 3.05) is 23.7 Å². The lowest BCUT2D eigenvalue weighted by Gasteiger charge is -2.26. The molecule has 21 heavy (non-hydrogen) atoms. The minimum atomic E-state index is 0.890. The van der Waals surface area contributed by atoms with E-state index in [1.165, 1.54) is 32.1 Å². The van der Waals surface area contributed by atoms with Crippen molar-refractivity contribution in [2.24, 2.45) is 11.8 Å². The van der Waals surface area contributed by atoms with E-state index in [1.54, 1.807) is 6.33 Å². The molecule has 0 amide bonds. The number of hydrogen-bond donors (Lipinski definition) is 2. The van der Waals surface area contributed by atoms with Gasteiger partial charge in [-0.3, -0.25) is 0 Å². The molecule has 1 aromatic rings. The van der Waals surface area contributed by atoms with Gasteiger partial charge in [0, 0.05) is 18.7 Å². The highest BCUT2D eigenvalue weighted by Gasteiger charge is 2.18. The van der Waals surface area contributed by atoms with Crippen LogP contribution in [0.4, 0.5) is 11.6 Å². The molecule has 1 fully saturated rings. The predicted octanol–water partition coefficient (Wildman–Crippen LogP) is 4.24. The third-order valence-corrected chi connectivity index (χ3v) is 4.52. The smallest absolute Gasteiger partial charge is 0.134 e. The maximum Gasteiger partial charge on any atom is 0.134 e. The van der Waals surface area contributed by atoms with Crippen molar-refractivity contribution in [3.05, 3.63) is 11.9 Å². The Morgan fingerprint density at radius 3 is 2.52 bits per heavy atom. The Bertz CT molecular complexity index is 433. The van der Waals surface area contributed by atoms with Crippen LogP contribution in [0.5, 0.6) is 0 Å². The van der Waals surface area contributed by atoms with Crippen molar-refractivity contribution in [1.82, 2.24) is 9.97 Å². The van der Waals surface area contributed by atoms with Gasteiger partial charge in [0.05, 0.1) is 0 Å². The molecule has 0 bridgehead atoms. The van der Waals surface area contributed by atoms with Crippen molar-refractivity contribution in [2.45, 2.75) is 59.3 Å².